The molecule has 106 valence electrons. The molecular formula is C11H15N7OS. The quantitative estimate of drug-likeness (QED) is 0.475. The van der Waals surface area contributed by atoms with Crippen molar-refractivity contribution in [2.75, 3.05) is 12.0 Å². The van der Waals surface area contributed by atoms with E-state index in [0.29, 0.717) is 16.9 Å². The molecule has 0 aliphatic rings. The Labute approximate surface area is 120 Å². The van der Waals surface area contributed by atoms with E-state index in [9.17, 15) is 0 Å². The van der Waals surface area contributed by atoms with E-state index >= 15 is 0 Å². The van der Waals surface area contributed by atoms with Crippen molar-refractivity contribution in [3.63, 3.8) is 0 Å². The van der Waals surface area contributed by atoms with Crippen LogP contribution in [0.3, 0.4) is 0 Å². The molecule has 0 aromatic carbocycles. The average Bonchev–Trinajstić information content (AvgIpc) is 2.37. The minimum atomic E-state index is 0.210. The number of hydrogen-bond acceptors (Lipinski definition) is 9. The molecule has 0 radical (unpaired) electrons. The summed E-state index contributed by atoms with van der Waals surface area (Å²) < 4.78 is 5.26. The molecule has 0 bridgehead atoms. The van der Waals surface area contributed by atoms with Crippen LogP contribution in [0.2, 0.25) is 0 Å². The number of hydrazine groups is 1. The van der Waals surface area contributed by atoms with Gasteiger partial charge in [0, 0.05) is 11.4 Å². The fourth-order valence-corrected chi connectivity index (χ4v) is 2.26. The number of nitrogens with one attached hydrogen (secondary N) is 1. The molecule has 2 aromatic rings. The molecule has 0 atom stereocenters. The third-order valence-corrected chi connectivity index (χ3v) is 2.87. The highest BCUT2D eigenvalue weighted by atomic mass is 32.2. The summed E-state index contributed by atoms with van der Waals surface area (Å²) in [6, 6.07) is 2.11. The molecule has 9 heteroatoms. The van der Waals surface area contributed by atoms with Crippen LogP contribution in [-0.4, -0.2) is 31.5 Å². The highest BCUT2D eigenvalue weighted by Crippen LogP contribution is 2.23. The maximum Gasteiger partial charge on any atom is 0.322 e. The molecule has 2 aromatic heterocycles. The van der Waals surface area contributed by atoms with Gasteiger partial charge in [-0.25, -0.2) is 15.8 Å². The number of nitrogens with zero attached hydrogens (tertiary/aromatic N) is 5. The van der Waals surface area contributed by atoms with Gasteiger partial charge in [-0.2, -0.15) is 15.0 Å². The first-order valence-corrected chi connectivity index (χ1v) is 6.78. The first-order valence-electron chi connectivity index (χ1n) is 5.96. The van der Waals surface area contributed by atoms with Crippen LogP contribution in [0.25, 0.3) is 0 Å². The zero-order valence-electron chi connectivity index (χ0n) is 11.4. The predicted molar refractivity (Wildman–Crippen MR) is 74.4 cm³/mol. The zero-order chi connectivity index (χ0) is 14.5. The molecule has 0 unspecified atom stereocenters. The Morgan fingerprint density at radius 1 is 1.10 bits per heavy atom. The topological polar surface area (TPSA) is 112 Å². The van der Waals surface area contributed by atoms with Crippen molar-refractivity contribution >= 4 is 17.7 Å². The van der Waals surface area contributed by atoms with Crippen molar-refractivity contribution < 1.29 is 4.74 Å². The van der Waals surface area contributed by atoms with Gasteiger partial charge in [-0.1, -0.05) is 0 Å². The van der Waals surface area contributed by atoms with E-state index in [0.717, 1.165) is 11.4 Å². The third kappa shape index (κ3) is 3.75. The molecule has 2 heterocycles. The zero-order valence-corrected chi connectivity index (χ0v) is 12.2. The van der Waals surface area contributed by atoms with Gasteiger partial charge in [-0.3, -0.25) is 5.43 Å². The van der Waals surface area contributed by atoms with Gasteiger partial charge in [-0.05, 0) is 38.6 Å². The van der Waals surface area contributed by atoms with Crippen molar-refractivity contribution in [3.8, 4) is 6.01 Å². The molecule has 0 aliphatic heterocycles. The van der Waals surface area contributed by atoms with Gasteiger partial charge in [0.05, 0.1) is 6.61 Å². The maximum atomic E-state index is 5.33. The molecule has 0 amide bonds. The normalized spacial score (nSPS) is 10.4. The van der Waals surface area contributed by atoms with Gasteiger partial charge >= 0.3 is 6.01 Å². The van der Waals surface area contributed by atoms with E-state index < -0.39 is 0 Å². The van der Waals surface area contributed by atoms with Crippen molar-refractivity contribution in [1.82, 2.24) is 24.9 Å². The summed E-state index contributed by atoms with van der Waals surface area (Å²) in [7, 11) is 0. The Bertz CT molecular complexity index is 587. The molecule has 8 nitrogen and oxygen atoms in total. The van der Waals surface area contributed by atoms with Gasteiger partial charge in [0.15, 0.2) is 5.16 Å². The largest absolute Gasteiger partial charge is 0.464 e. The summed E-state index contributed by atoms with van der Waals surface area (Å²) >= 11 is 1.23. The first kappa shape index (κ1) is 14.4. The summed E-state index contributed by atoms with van der Waals surface area (Å²) in [4.78, 5) is 20.9. The lowest BCUT2D eigenvalue weighted by molar-refractivity contribution is 0.308. The van der Waals surface area contributed by atoms with Crippen molar-refractivity contribution in [2.24, 2.45) is 5.84 Å². The predicted octanol–water partition coefficient (Wildman–Crippen LogP) is 1.11. The fraction of sp³-hybridized carbons (Fsp3) is 0.364. The van der Waals surface area contributed by atoms with Gasteiger partial charge in [0.2, 0.25) is 11.1 Å². The minimum Gasteiger partial charge on any atom is -0.464 e. The number of rotatable bonds is 5. The van der Waals surface area contributed by atoms with Crippen LogP contribution in [0.1, 0.15) is 18.3 Å². The second-order valence-corrected chi connectivity index (χ2v) is 4.77. The number of hydrogen-bond donors (Lipinski definition) is 2. The van der Waals surface area contributed by atoms with E-state index in [2.05, 4.69) is 30.3 Å². The molecule has 3 N–H and O–H groups in total. The van der Waals surface area contributed by atoms with Crippen LogP contribution >= 0.6 is 11.8 Å². The first-order chi connectivity index (χ1) is 9.60. The summed E-state index contributed by atoms with van der Waals surface area (Å²) in [5, 5.41) is 0.987. The second-order valence-electron chi connectivity index (χ2n) is 3.84. The van der Waals surface area contributed by atoms with Crippen LogP contribution in [-0.2, 0) is 0 Å². The number of aromatic nitrogens is 5. The van der Waals surface area contributed by atoms with Gasteiger partial charge < -0.3 is 4.74 Å². The number of nitrogen functional groups attached to an aromatic ring is 1. The molecule has 0 spiro atoms. The maximum absolute atomic E-state index is 5.33. The molecule has 0 saturated heterocycles. The van der Waals surface area contributed by atoms with E-state index in [-0.39, 0.29) is 12.0 Å². The number of ether oxygens (including phenoxy) is 1. The van der Waals surface area contributed by atoms with Crippen molar-refractivity contribution in [3.05, 3.63) is 17.5 Å². The van der Waals surface area contributed by atoms with Crippen LogP contribution < -0.4 is 16.0 Å². The molecule has 0 saturated carbocycles. The monoisotopic (exact) mass is 293 g/mol. The number of aryl methyl sites for hydroxylation is 2. The Kier molecular flexibility index (Phi) is 4.64. The Balaban J connectivity index is 2.29. The Morgan fingerprint density at radius 2 is 1.75 bits per heavy atom. The lowest BCUT2D eigenvalue weighted by atomic mass is 10.4. The van der Waals surface area contributed by atoms with Gasteiger partial charge in [0.1, 0.15) is 0 Å². The average molecular weight is 293 g/mol. The summed E-state index contributed by atoms with van der Waals surface area (Å²) in [6.45, 7) is 6.12. The summed E-state index contributed by atoms with van der Waals surface area (Å²) in [6.07, 6.45) is 0. The molecule has 0 fully saturated rings. The number of nitrogens with two attached hydrogens (primary N) is 1. The standard InChI is InChI=1S/C11H15N7OS/c1-4-19-9-15-8(18-12)16-11(17-9)20-10-13-6(2)5-7(3)14-10/h5H,4,12H2,1-3H3,(H,15,16,17,18). The summed E-state index contributed by atoms with van der Waals surface area (Å²) in [5.41, 5.74) is 4.15. The van der Waals surface area contributed by atoms with E-state index in [1.54, 1.807) is 0 Å². The fourth-order valence-electron chi connectivity index (χ4n) is 1.46. The van der Waals surface area contributed by atoms with Crippen LogP contribution in [0.15, 0.2) is 16.4 Å². The van der Waals surface area contributed by atoms with Crippen LogP contribution in [0.4, 0.5) is 5.95 Å². The van der Waals surface area contributed by atoms with Crippen molar-refractivity contribution in [2.45, 2.75) is 31.1 Å². The minimum absolute atomic E-state index is 0.210. The summed E-state index contributed by atoms with van der Waals surface area (Å²) in [5.74, 6) is 5.56. The van der Waals surface area contributed by atoms with E-state index in [1.807, 2.05) is 26.8 Å². The lowest BCUT2D eigenvalue weighted by Crippen LogP contribution is -2.12. The molecular weight excluding hydrogens is 278 g/mol. The van der Waals surface area contributed by atoms with Crippen molar-refractivity contribution in [1.29, 1.82) is 0 Å². The van der Waals surface area contributed by atoms with E-state index in [4.69, 9.17) is 10.6 Å². The highest BCUT2D eigenvalue weighted by molar-refractivity contribution is 7.99. The number of anilines is 1. The Morgan fingerprint density at radius 3 is 2.35 bits per heavy atom. The second kappa shape index (κ2) is 6.44. The third-order valence-electron chi connectivity index (χ3n) is 2.14. The lowest BCUT2D eigenvalue weighted by Gasteiger charge is -2.06. The molecule has 20 heavy (non-hydrogen) atoms. The van der Waals surface area contributed by atoms with Crippen LogP contribution in [0, 0.1) is 13.8 Å². The Hall–Kier alpha value is -2.00. The SMILES string of the molecule is CCOc1nc(NN)nc(Sc2nc(C)cc(C)n2)n1. The highest BCUT2D eigenvalue weighted by Gasteiger charge is 2.10. The molecule has 0 aliphatic carbocycles. The van der Waals surface area contributed by atoms with Gasteiger partial charge in [0.25, 0.3) is 0 Å². The van der Waals surface area contributed by atoms with E-state index in [1.165, 1.54) is 11.8 Å². The van der Waals surface area contributed by atoms with Gasteiger partial charge in [-0.15, -0.1) is 0 Å². The smallest absolute Gasteiger partial charge is 0.322 e. The van der Waals surface area contributed by atoms with Crippen LogP contribution in [0.5, 0.6) is 6.01 Å². The molecule has 2 rings (SSSR count).